The molecule has 0 unspecified atom stereocenters. The van der Waals surface area contributed by atoms with Crippen molar-refractivity contribution < 1.29 is 14.3 Å². The molecule has 6 heteroatoms. The topological polar surface area (TPSA) is 70.7 Å². The molecule has 3 aromatic rings. The molecule has 2 amide bonds. The molecule has 0 aromatic heterocycles. The zero-order valence-corrected chi connectivity index (χ0v) is 19.2. The second-order valence-electron chi connectivity index (χ2n) is 7.57. The fourth-order valence-electron chi connectivity index (χ4n) is 3.41. The SMILES string of the molecule is CCN(CC)C(=O)c1cccc(NCC(=O)Nc2ccc(OCCc3ccccc3)cc2)c1. The highest BCUT2D eigenvalue weighted by Gasteiger charge is 2.12. The van der Waals surface area contributed by atoms with Crippen LogP contribution in [0.2, 0.25) is 0 Å². The molecule has 0 aliphatic rings. The zero-order valence-electron chi connectivity index (χ0n) is 19.2. The molecule has 3 rings (SSSR count). The summed E-state index contributed by atoms with van der Waals surface area (Å²) in [6.07, 6.45) is 0.840. The van der Waals surface area contributed by atoms with Gasteiger partial charge in [0.05, 0.1) is 13.2 Å². The molecular weight excluding hydrogens is 414 g/mol. The Morgan fingerprint density at radius 1 is 0.848 bits per heavy atom. The number of carbonyl (C=O) groups is 2. The highest BCUT2D eigenvalue weighted by Crippen LogP contribution is 2.17. The van der Waals surface area contributed by atoms with Gasteiger partial charge in [0.25, 0.3) is 5.91 Å². The Morgan fingerprint density at radius 2 is 1.58 bits per heavy atom. The van der Waals surface area contributed by atoms with Gasteiger partial charge in [-0.05, 0) is 61.9 Å². The molecule has 6 nitrogen and oxygen atoms in total. The number of carbonyl (C=O) groups excluding carboxylic acids is 2. The zero-order chi connectivity index (χ0) is 23.5. The van der Waals surface area contributed by atoms with Gasteiger partial charge in [-0.15, -0.1) is 0 Å². The van der Waals surface area contributed by atoms with Crippen LogP contribution in [0.4, 0.5) is 11.4 Å². The van der Waals surface area contributed by atoms with Gasteiger partial charge in [-0.25, -0.2) is 0 Å². The lowest BCUT2D eigenvalue weighted by atomic mass is 10.1. The molecule has 0 radical (unpaired) electrons. The van der Waals surface area contributed by atoms with Crippen molar-refractivity contribution in [3.63, 3.8) is 0 Å². The first-order chi connectivity index (χ1) is 16.1. The number of rotatable bonds is 11. The first kappa shape index (κ1) is 23.9. The molecule has 0 fully saturated rings. The van der Waals surface area contributed by atoms with E-state index in [1.165, 1.54) is 5.56 Å². The van der Waals surface area contributed by atoms with Crippen LogP contribution in [-0.2, 0) is 11.2 Å². The van der Waals surface area contributed by atoms with Crippen LogP contribution >= 0.6 is 0 Å². The summed E-state index contributed by atoms with van der Waals surface area (Å²) in [6.45, 7) is 5.92. The summed E-state index contributed by atoms with van der Waals surface area (Å²) in [5, 5.41) is 5.95. The van der Waals surface area contributed by atoms with E-state index < -0.39 is 0 Å². The number of hydrogen-bond donors (Lipinski definition) is 2. The van der Waals surface area contributed by atoms with Crippen LogP contribution in [0.5, 0.6) is 5.75 Å². The minimum Gasteiger partial charge on any atom is -0.493 e. The normalized spacial score (nSPS) is 10.4. The molecule has 0 bridgehead atoms. The van der Waals surface area contributed by atoms with Crippen molar-refractivity contribution in [3.8, 4) is 5.75 Å². The van der Waals surface area contributed by atoms with Gasteiger partial charge >= 0.3 is 0 Å². The van der Waals surface area contributed by atoms with Crippen molar-refractivity contribution in [1.82, 2.24) is 4.90 Å². The minimum absolute atomic E-state index is 0.0146. The lowest BCUT2D eigenvalue weighted by Crippen LogP contribution is -2.30. The van der Waals surface area contributed by atoms with Gasteiger partial charge in [0.15, 0.2) is 0 Å². The molecule has 0 heterocycles. The van der Waals surface area contributed by atoms with Crippen LogP contribution in [0.3, 0.4) is 0 Å². The van der Waals surface area contributed by atoms with Crippen LogP contribution in [0.15, 0.2) is 78.9 Å². The molecule has 0 spiro atoms. The van der Waals surface area contributed by atoms with Crippen molar-refractivity contribution in [3.05, 3.63) is 90.0 Å². The summed E-state index contributed by atoms with van der Waals surface area (Å²) in [5.74, 6) is 0.573. The highest BCUT2D eigenvalue weighted by atomic mass is 16.5. The van der Waals surface area contributed by atoms with E-state index in [1.54, 1.807) is 17.0 Å². The summed E-state index contributed by atoms with van der Waals surface area (Å²) in [4.78, 5) is 26.6. The highest BCUT2D eigenvalue weighted by molar-refractivity contribution is 5.96. The fraction of sp³-hybridized carbons (Fsp3) is 0.259. The van der Waals surface area contributed by atoms with E-state index in [9.17, 15) is 9.59 Å². The Morgan fingerprint density at radius 3 is 2.27 bits per heavy atom. The van der Waals surface area contributed by atoms with Gasteiger partial charge in [0, 0.05) is 36.4 Å². The number of nitrogens with zero attached hydrogens (tertiary/aromatic N) is 1. The Hall–Kier alpha value is -3.80. The standard InChI is InChI=1S/C27H31N3O3/c1-3-30(4-2)27(32)22-11-8-12-24(19-22)28-20-26(31)29-23-13-15-25(16-14-23)33-18-17-21-9-6-5-7-10-21/h5-16,19,28H,3-4,17-18,20H2,1-2H3,(H,29,31). The lowest BCUT2D eigenvalue weighted by molar-refractivity contribution is -0.114. The molecular formula is C27H31N3O3. The van der Waals surface area contributed by atoms with Crippen molar-refractivity contribution in [2.24, 2.45) is 0 Å². The maximum absolute atomic E-state index is 12.5. The Labute approximate surface area is 195 Å². The monoisotopic (exact) mass is 445 g/mol. The molecule has 0 aliphatic heterocycles. The second kappa shape index (κ2) is 12.3. The molecule has 2 N–H and O–H groups in total. The van der Waals surface area contributed by atoms with Gasteiger partial charge in [-0.1, -0.05) is 36.4 Å². The van der Waals surface area contributed by atoms with E-state index in [0.717, 1.165) is 17.9 Å². The Balaban J connectivity index is 1.45. The van der Waals surface area contributed by atoms with Crippen LogP contribution < -0.4 is 15.4 Å². The fourth-order valence-corrected chi connectivity index (χ4v) is 3.41. The maximum Gasteiger partial charge on any atom is 0.253 e. The predicted octanol–water partition coefficient (Wildman–Crippen LogP) is 4.84. The second-order valence-corrected chi connectivity index (χ2v) is 7.57. The molecule has 0 saturated heterocycles. The summed E-state index contributed by atoms with van der Waals surface area (Å²) >= 11 is 0. The van der Waals surface area contributed by atoms with Gasteiger partial charge in [-0.2, -0.15) is 0 Å². The van der Waals surface area contributed by atoms with Crippen LogP contribution in [-0.4, -0.2) is 43.0 Å². The number of benzene rings is 3. The van der Waals surface area contributed by atoms with Crippen molar-refractivity contribution >= 4 is 23.2 Å². The third-order valence-corrected chi connectivity index (χ3v) is 5.25. The van der Waals surface area contributed by atoms with E-state index in [0.29, 0.717) is 30.9 Å². The average Bonchev–Trinajstić information content (AvgIpc) is 2.85. The molecule has 3 aromatic carbocycles. The molecule has 172 valence electrons. The molecule has 33 heavy (non-hydrogen) atoms. The molecule has 0 atom stereocenters. The summed E-state index contributed by atoms with van der Waals surface area (Å²) in [6, 6.07) is 24.7. The molecule has 0 saturated carbocycles. The van der Waals surface area contributed by atoms with Crippen LogP contribution in [0.25, 0.3) is 0 Å². The van der Waals surface area contributed by atoms with E-state index in [-0.39, 0.29) is 18.4 Å². The maximum atomic E-state index is 12.5. The average molecular weight is 446 g/mol. The first-order valence-electron chi connectivity index (χ1n) is 11.3. The lowest BCUT2D eigenvalue weighted by Gasteiger charge is -2.19. The van der Waals surface area contributed by atoms with Crippen molar-refractivity contribution in [1.29, 1.82) is 0 Å². The van der Waals surface area contributed by atoms with E-state index in [2.05, 4.69) is 22.8 Å². The van der Waals surface area contributed by atoms with Gasteiger partial charge in [-0.3, -0.25) is 9.59 Å². The number of hydrogen-bond acceptors (Lipinski definition) is 4. The first-order valence-corrected chi connectivity index (χ1v) is 11.3. The van der Waals surface area contributed by atoms with E-state index >= 15 is 0 Å². The number of amides is 2. The number of nitrogens with one attached hydrogen (secondary N) is 2. The smallest absolute Gasteiger partial charge is 0.253 e. The summed E-state index contributed by atoms with van der Waals surface area (Å²) < 4.78 is 5.78. The summed E-state index contributed by atoms with van der Waals surface area (Å²) in [7, 11) is 0. The van der Waals surface area contributed by atoms with Gasteiger partial charge in [0.1, 0.15) is 5.75 Å². The Kier molecular flexibility index (Phi) is 8.88. The van der Waals surface area contributed by atoms with Crippen LogP contribution in [0.1, 0.15) is 29.8 Å². The van der Waals surface area contributed by atoms with Gasteiger partial charge < -0.3 is 20.3 Å². The minimum atomic E-state index is -0.173. The van der Waals surface area contributed by atoms with E-state index in [4.69, 9.17) is 4.74 Å². The molecule has 0 aliphatic carbocycles. The number of ether oxygens (including phenoxy) is 1. The summed E-state index contributed by atoms with van der Waals surface area (Å²) in [5.41, 5.74) is 3.26. The quantitative estimate of drug-likeness (QED) is 0.443. The van der Waals surface area contributed by atoms with Crippen molar-refractivity contribution in [2.45, 2.75) is 20.3 Å². The van der Waals surface area contributed by atoms with Gasteiger partial charge in [0.2, 0.25) is 5.91 Å². The third kappa shape index (κ3) is 7.38. The number of anilines is 2. The van der Waals surface area contributed by atoms with E-state index in [1.807, 2.05) is 68.4 Å². The Bertz CT molecular complexity index is 1030. The van der Waals surface area contributed by atoms with Crippen molar-refractivity contribution in [2.75, 3.05) is 36.9 Å². The third-order valence-electron chi connectivity index (χ3n) is 5.25. The van der Waals surface area contributed by atoms with Crippen LogP contribution in [0, 0.1) is 0 Å². The predicted molar refractivity (Wildman–Crippen MR) is 133 cm³/mol. The largest absolute Gasteiger partial charge is 0.493 e.